The Morgan fingerprint density at radius 1 is 0.906 bits per heavy atom. The van der Waals surface area contributed by atoms with Crippen molar-refractivity contribution in [3.8, 4) is 16.9 Å². The molecule has 0 bridgehead atoms. The lowest BCUT2D eigenvalue weighted by Crippen LogP contribution is -2.30. The molecule has 1 N–H and O–H groups in total. The van der Waals surface area contributed by atoms with Crippen LogP contribution in [0.25, 0.3) is 11.1 Å². The molecule has 2 aromatic carbocycles. The highest BCUT2D eigenvalue weighted by molar-refractivity contribution is 5.65. The maximum absolute atomic E-state index is 11.0. The number of carbonyl (C=O) groups excluding carboxylic acids is 1. The smallest absolute Gasteiger partial charge is 0.123 e. The van der Waals surface area contributed by atoms with Gasteiger partial charge in [0.25, 0.3) is 0 Å². The van der Waals surface area contributed by atoms with Crippen molar-refractivity contribution < 1.29 is 9.53 Å². The fourth-order valence-corrected chi connectivity index (χ4v) is 6.31. The van der Waals surface area contributed by atoms with Gasteiger partial charge in [-0.15, -0.1) is 0 Å². The number of nitrogens with one attached hydrogen (secondary N) is 1. The van der Waals surface area contributed by atoms with E-state index in [1.165, 1.54) is 68.1 Å². The van der Waals surface area contributed by atoms with Crippen LogP contribution in [0.3, 0.4) is 0 Å². The number of carbonyl (C=O) groups is 1. The van der Waals surface area contributed by atoms with E-state index in [2.05, 4.69) is 53.8 Å². The summed E-state index contributed by atoms with van der Waals surface area (Å²) in [4.78, 5) is 11.0. The SMILES string of the molecule is O=CC1CCC(NCc2cccc(-c3ccc(OC4CCC5(CCCC5)CC4)cc3)c2)C1. The molecular formula is C29H37NO2. The zero-order chi connectivity index (χ0) is 21.8. The highest BCUT2D eigenvalue weighted by Crippen LogP contribution is 2.49. The lowest BCUT2D eigenvalue weighted by atomic mass is 9.72. The van der Waals surface area contributed by atoms with Crippen LogP contribution in [0.2, 0.25) is 0 Å². The minimum Gasteiger partial charge on any atom is -0.490 e. The van der Waals surface area contributed by atoms with Gasteiger partial charge in [0.1, 0.15) is 12.0 Å². The van der Waals surface area contributed by atoms with Crippen LogP contribution < -0.4 is 10.1 Å². The van der Waals surface area contributed by atoms with Gasteiger partial charge in [0, 0.05) is 18.5 Å². The van der Waals surface area contributed by atoms with Crippen LogP contribution in [0.5, 0.6) is 5.75 Å². The van der Waals surface area contributed by atoms with Crippen LogP contribution in [-0.4, -0.2) is 18.4 Å². The van der Waals surface area contributed by atoms with Crippen LogP contribution in [0.4, 0.5) is 0 Å². The van der Waals surface area contributed by atoms with E-state index in [9.17, 15) is 4.79 Å². The summed E-state index contributed by atoms with van der Waals surface area (Å²) in [5, 5.41) is 3.63. The van der Waals surface area contributed by atoms with Crippen LogP contribution >= 0.6 is 0 Å². The molecule has 3 nitrogen and oxygen atoms in total. The monoisotopic (exact) mass is 431 g/mol. The lowest BCUT2D eigenvalue weighted by molar-refractivity contribution is -0.110. The van der Waals surface area contributed by atoms with Gasteiger partial charge in [-0.25, -0.2) is 0 Å². The largest absolute Gasteiger partial charge is 0.490 e. The van der Waals surface area contributed by atoms with E-state index in [-0.39, 0.29) is 5.92 Å². The van der Waals surface area contributed by atoms with Gasteiger partial charge in [0.15, 0.2) is 0 Å². The Kier molecular flexibility index (Phi) is 6.64. The maximum Gasteiger partial charge on any atom is 0.123 e. The van der Waals surface area contributed by atoms with Gasteiger partial charge >= 0.3 is 0 Å². The summed E-state index contributed by atoms with van der Waals surface area (Å²) in [6, 6.07) is 17.9. The van der Waals surface area contributed by atoms with Crippen LogP contribution in [0.1, 0.15) is 76.2 Å². The Hall–Kier alpha value is -2.13. The van der Waals surface area contributed by atoms with E-state index in [0.29, 0.717) is 17.6 Å². The van der Waals surface area contributed by atoms with Crippen molar-refractivity contribution in [1.29, 1.82) is 0 Å². The molecule has 5 rings (SSSR count). The molecule has 3 saturated carbocycles. The van der Waals surface area contributed by atoms with Crippen LogP contribution in [0, 0.1) is 11.3 Å². The van der Waals surface area contributed by atoms with Crippen molar-refractivity contribution >= 4 is 6.29 Å². The molecule has 2 atom stereocenters. The molecule has 3 aliphatic rings. The number of hydrogen-bond donors (Lipinski definition) is 1. The number of rotatable bonds is 7. The summed E-state index contributed by atoms with van der Waals surface area (Å²) in [6.45, 7) is 0.856. The van der Waals surface area contributed by atoms with Gasteiger partial charge in [-0.2, -0.15) is 0 Å². The quantitative estimate of drug-likeness (QED) is 0.496. The maximum atomic E-state index is 11.0. The molecule has 170 valence electrons. The topological polar surface area (TPSA) is 38.3 Å². The van der Waals surface area contributed by atoms with Crippen LogP contribution in [-0.2, 0) is 11.3 Å². The summed E-state index contributed by atoms with van der Waals surface area (Å²) < 4.78 is 6.35. The van der Waals surface area contributed by atoms with Crippen molar-refractivity contribution in [3.05, 3.63) is 54.1 Å². The molecule has 3 aliphatic carbocycles. The molecule has 3 fully saturated rings. The van der Waals surface area contributed by atoms with E-state index in [4.69, 9.17) is 4.74 Å². The van der Waals surface area contributed by atoms with E-state index in [0.717, 1.165) is 37.8 Å². The molecule has 0 radical (unpaired) electrons. The summed E-state index contributed by atoms with van der Waals surface area (Å²) >= 11 is 0. The zero-order valence-electron chi connectivity index (χ0n) is 19.2. The normalized spacial score (nSPS) is 25.2. The predicted molar refractivity (Wildman–Crippen MR) is 130 cm³/mol. The molecule has 1 spiro atoms. The van der Waals surface area contributed by atoms with E-state index in [1.807, 2.05) is 0 Å². The minimum atomic E-state index is 0.247. The summed E-state index contributed by atoms with van der Waals surface area (Å²) in [5.74, 6) is 1.25. The second-order valence-corrected chi connectivity index (χ2v) is 10.5. The molecule has 3 heteroatoms. The number of ether oxygens (including phenoxy) is 1. The first-order valence-corrected chi connectivity index (χ1v) is 12.8. The van der Waals surface area contributed by atoms with Crippen LogP contribution in [0.15, 0.2) is 48.5 Å². The molecule has 0 aliphatic heterocycles. The first-order valence-electron chi connectivity index (χ1n) is 12.8. The highest BCUT2D eigenvalue weighted by atomic mass is 16.5. The Balaban J connectivity index is 1.14. The average molecular weight is 432 g/mol. The lowest BCUT2D eigenvalue weighted by Gasteiger charge is -2.37. The first kappa shape index (κ1) is 21.7. The number of aldehydes is 1. The second kappa shape index (κ2) is 9.79. The highest BCUT2D eigenvalue weighted by Gasteiger charge is 2.38. The molecule has 2 aromatic rings. The fourth-order valence-electron chi connectivity index (χ4n) is 6.31. The van der Waals surface area contributed by atoms with Gasteiger partial charge in [0.05, 0.1) is 6.10 Å². The van der Waals surface area contributed by atoms with Gasteiger partial charge < -0.3 is 14.8 Å². The van der Waals surface area contributed by atoms with Crippen molar-refractivity contribution in [2.75, 3.05) is 0 Å². The molecule has 2 unspecified atom stereocenters. The Morgan fingerprint density at radius 3 is 2.41 bits per heavy atom. The van der Waals surface area contributed by atoms with Crippen molar-refractivity contribution in [2.24, 2.45) is 11.3 Å². The summed E-state index contributed by atoms with van der Waals surface area (Å²) in [6.07, 6.45) is 15.5. The van der Waals surface area contributed by atoms with E-state index < -0.39 is 0 Å². The third-order valence-corrected chi connectivity index (χ3v) is 8.34. The molecule has 0 amide bonds. The Labute approximate surface area is 192 Å². The molecule has 0 heterocycles. The molecule has 0 aromatic heterocycles. The summed E-state index contributed by atoms with van der Waals surface area (Å²) in [5.41, 5.74) is 4.43. The Morgan fingerprint density at radius 2 is 1.69 bits per heavy atom. The molecule has 0 saturated heterocycles. The Bertz CT molecular complexity index is 890. The first-order chi connectivity index (χ1) is 15.7. The van der Waals surface area contributed by atoms with E-state index >= 15 is 0 Å². The number of benzene rings is 2. The molecule has 32 heavy (non-hydrogen) atoms. The fraction of sp³-hybridized carbons (Fsp3) is 0.552. The van der Waals surface area contributed by atoms with Gasteiger partial charge in [-0.05, 0) is 98.1 Å². The third-order valence-electron chi connectivity index (χ3n) is 8.34. The van der Waals surface area contributed by atoms with Gasteiger partial charge in [-0.1, -0.05) is 43.2 Å². The van der Waals surface area contributed by atoms with Crippen molar-refractivity contribution in [3.63, 3.8) is 0 Å². The average Bonchev–Trinajstić information content (AvgIpc) is 3.50. The zero-order valence-corrected chi connectivity index (χ0v) is 19.2. The number of hydrogen-bond acceptors (Lipinski definition) is 3. The minimum absolute atomic E-state index is 0.247. The third kappa shape index (κ3) is 5.09. The standard InChI is InChI=1S/C29H37NO2/c31-21-23-6-9-26(19-23)30-20-22-4-3-5-25(18-22)24-7-10-27(11-8-24)32-28-12-16-29(17-13-28)14-1-2-15-29/h3-5,7-8,10-11,18,21,23,26,28,30H,1-2,6,9,12-17,19-20H2. The molecular weight excluding hydrogens is 394 g/mol. The van der Waals surface area contributed by atoms with Gasteiger partial charge in [-0.3, -0.25) is 0 Å². The summed E-state index contributed by atoms with van der Waals surface area (Å²) in [7, 11) is 0. The van der Waals surface area contributed by atoms with E-state index in [1.54, 1.807) is 0 Å². The van der Waals surface area contributed by atoms with Gasteiger partial charge in [0.2, 0.25) is 0 Å². The van der Waals surface area contributed by atoms with Crippen molar-refractivity contribution in [2.45, 2.75) is 89.3 Å². The van der Waals surface area contributed by atoms with Crippen molar-refractivity contribution in [1.82, 2.24) is 5.32 Å². The second-order valence-electron chi connectivity index (χ2n) is 10.5. The predicted octanol–water partition coefficient (Wildman–Crippen LogP) is 6.69.